The Balaban J connectivity index is 2.84. The zero-order valence-electron chi connectivity index (χ0n) is 9.78. The highest BCUT2D eigenvalue weighted by Gasteiger charge is 2.07. The summed E-state index contributed by atoms with van der Waals surface area (Å²) in [6.45, 7) is 3.94. The number of benzene rings is 1. The van der Waals surface area contributed by atoms with Crippen LogP contribution in [0.15, 0.2) is 18.2 Å². The standard InChI is InChI=1S/C12H16N2OS/c1-9-4-5-11(7-13)12(6-9)14-10(2)8-16(3)15/h4-6,10,14H,8H2,1-3H3. The summed E-state index contributed by atoms with van der Waals surface area (Å²) in [5.74, 6) is 0.582. The molecule has 0 aliphatic heterocycles. The summed E-state index contributed by atoms with van der Waals surface area (Å²) in [4.78, 5) is 0. The van der Waals surface area contributed by atoms with Gasteiger partial charge in [-0.25, -0.2) is 0 Å². The second-order valence-electron chi connectivity index (χ2n) is 3.95. The topological polar surface area (TPSA) is 52.9 Å². The molecule has 0 amide bonds. The third-order valence-corrected chi connectivity index (χ3v) is 3.15. The van der Waals surface area contributed by atoms with Gasteiger partial charge in [-0.2, -0.15) is 5.26 Å². The monoisotopic (exact) mass is 236 g/mol. The minimum absolute atomic E-state index is 0.0970. The highest BCUT2D eigenvalue weighted by Crippen LogP contribution is 2.17. The Morgan fingerprint density at radius 1 is 1.56 bits per heavy atom. The van der Waals surface area contributed by atoms with E-state index in [2.05, 4.69) is 11.4 Å². The molecule has 1 N–H and O–H groups in total. The second-order valence-corrected chi connectivity index (χ2v) is 5.43. The lowest BCUT2D eigenvalue weighted by atomic mass is 10.1. The van der Waals surface area contributed by atoms with Crippen LogP contribution in [0.4, 0.5) is 5.69 Å². The van der Waals surface area contributed by atoms with E-state index in [1.807, 2.05) is 26.0 Å². The van der Waals surface area contributed by atoms with Crippen LogP contribution in [0.5, 0.6) is 0 Å². The maximum Gasteiger partial charge on any atom is 0.101 e. The van der Waals surface area contributed by atoms with Gasteiger partial charge in [-0.3, -0.25) is 4.21 Å². The van der Waals surface area contributed by atoms with E-state index in [0.717, 1.165) is 11.3 Å². The molecule has 0 fully saturated rings. The van der Waals surface area contributed by atoms with Gasteiger partial charge in [0.25, 0.3) is 0 Å². The predicted molar refractivity (Wildman–Crippen MR) is 67.9 cm³/mol. The van der Waals surface area contributed by atoms with Crippen LogP contribution in [0.1, 0.15) is 18.1 Å². The SMILES string of the molecule is Cc1ccc(C#N)c(NC(C)CS(C)=O)c1. The number of rotatable bonds is 4. The third-order valence-electron chi connectivity index (χ3n) is 2.18. The molecule has 0 spiro atoms. The molecule has 0 aliphatic carbocycles. The van der Waals surface area contributed by atoms with Crippen LogP contribution < -0.4 is 5.32 Å². The van der Waals surface area contributed by atoms with Gasteiger partial charge in [0.1, 0.15) is 6.07 Å². The van der Waals surface area contributed by atoms with Crippen molar-refractivity contribution in [2.45, 2.75) is 19.9 Å². The van der Waals surface area contributed by atoms with Crippen LogP contribution >= 0.6 is 0 Å². The minimum Gasteiger partial charge on any atom is -0.381 e. The number of hydrogen-bond donors (Lipinski definition) is 1. The fourth-order valence-corrected chi connectivity index (χ4v) is 2.32. The summed E-state index contributed by atoms with van der Waals surface area (Å²) in [5, 5.41) is 12.2. The van der Waals surface area contributed by atoms with E-state index in [4.69, 9.17) is 5.26 Å². The van der Waals surface area contributed by atoms with Gasteiger partial charge in [0, 0.05) is 28.9 Å². The maximum atomic E-state index is 11.1. The Bertz CT molecular complexity index is 437. The van der Waals surface area contributed by atoms with Crippen LogP contribution in [-0.4, -0.2) is 22.3 Å². The largest absolute Gasteiger partial charge is 0.381 e. The smallest absolute Gasteiger partial charge is 0.101 e. The fourth-order valence-electron chi connectivity index (χ4n) is 1.53. The molecular weight excluding hydrogens is 220 g/mol. The van der Waals surface area contributed by atoms with Crippen molar-refractivity contribution in [2.75, 3.05) is 17.3 Å². The van der Waals surface area contributed by atoms with Crippen LogP contribution in [0.3, 0.4) is 0 Å². The van der Waals surface area contributed by atoms with E-state index in [1.165, 1.54) is 0 Å². The van der Waals surface area contributed by atoms with Crippen LogP contribution in [0.2, 0.25) is 0 Å². The number of anilines is 1. The van der Waals surface area contributed by atoms with Gasteiger partial charge in [-0.05, 0) is 31.5 Å². The van der Waals surface area contributed by atoms with E-state index >= 15 is 0 Å². The summed E-state index contributed by atoms with van der Waals surface area (Å²) < 4.78 is 11.1. The van der Waals surface area contributed by atoms with Crippen molar-refractivity contribution in [3.8, 4) is 6.07 Å². The summed E-state index contributed by atoms with van der Waals surface area (Å²) in [5.41, 5.74) is 2.55. The minimum atomic E-state index is -0.829. The van der Waals surface area contributed by atoms with Gasteiger partial charge in [-0.15, -0.1) is 0 Å². The van der Waals surface area contributed by atoms with Crippen LogP contribution in [0.25, 0.3) is 0 Å². The molecule has 16 heavy (non-hydrogen) atoms. The van der Waals surface area contributed by atoms with E-state index in [-0.39, 0.29) is 6.04 Å². The van der Waals surface area contributed by atoms with Crippen molar-refractivity contribution >= 4 is 16.5 Å². The molecule has 0 bridgehead atoms. The Kier molecular flexibility index (Phi) is 4.51. The van der Waals surface area contributed by atoms with Gasteiger partial charge in [-0.1, -0.05) is 6.07 Å². The number of nitriles is 1. The maximum absolute atomic E-state index is 11.1. The average molecular weight is 236 g/mol. The number of nitrogens with zero attached hydrogens (tertiary/aromatic N) is 1. The summed E-state index contributed by atoms with van der Waals surface area (Å²) in [6, 6.07) is 7.89. The van der Waals surface area contributed by atoms with Crippen molar-refractivity contribution in [3.05, 3.63) is 29.3 Å². The first-order valence-corrected chi connectivity index (χ1v) is 6.83. The molecule has 86 valence electrons. The molecule has 4 heteroatoms. The third kappa shape index (κ3) is 3.67. The van der Waals surface area contributed by atoms with Crippen molar-refractivity contribution in [1.82, 2.24) is 0 Å². The van der Waals surface area contributed by atoms with E-state index < -0.39 is 10.8 Å². The molecule has 0 saturated heterocycles. The van der Waals surface area contributed by atoms with Gasteiger partial charge < -0.3 is 5.32 Å². The van der Waals surface area contributed by atoms with Gasteiger partial charge in [0.15, 0.2) is 0 Å². The molecule has 0 saturated carbocycles. The Hall–Kier alpha value is -1.34. The Labute approximate surface area is 98.9 Å². The molecular formula is C12H16N2OS. The lowest BCUT2D eigenvalue weighted by Crippen LogP contribution is -2.22. The van der Waals surface area contributed by atoms with Gasteiger partial charge in [0.2, 0.25) is 0 Å². The zero-order valence-corrected chi connectivity index (χ0v) is 10.6. The lowest BCUT2D eigenvalue weighted by molar-refractivity contribution is 0.683. The lowest BCUT2D eigenvalue weighted by Gasteiger charge is -2.15. The highest BCUT2D eigenvalue weighted by molar-refractivity contribution is 7.84. The van der Waals surface area contributed by atoms with Crippen molar-refractivity contribution in [2.24, 2.45) is 0 Å². The molecule has 2 atom stereocenters. The van der Waals surface area contributed by atoms with Gasteiger partial charge in [0.05, 0.1) is 11.3 Å². The molecule has 0 radical (unpaired) electrons. The van der Waals surface area contributed by atoms with Crippen molar-refractivity contribution in [3.63, 3.8) is 0 Å². The molecule has 1 aromatic carbocycles. The van der Waals surface area contributed by atoms with E-state index in [1.54, 1.807) is 12.3 Å². The van der Waals surface area contributed by atoms with Crippen molar-refractivity contribution in [1.29, 1.82) is 5.26 Å². The van der Waals surface area contributed by atoms with Gasteiger partial charge >= 0.3 is 0 Å². The van der Waals surface area contributed by atoms with Crippen LogP contribution in [0, 0.1) is 18.3 Å². The Morgan fingerprint density at radius 2 is 2.25 bits per heavy atom. The zero-order chi connectivity index (χ0) is 12.1. The summed E-state index contributed by atoms with van der Waals surface area (Å²) in [7, 11) is -0.829. The molecule has 3 nitrogen and oxygen atoms in total. The average Bonchev–Trinajstić information content (AvgIpc) is 2.16. The molecule has 1 aromatic rings. The highest BCUT2D eigenvalue weighted by atomic mass is 32.2. The first-order chi connectivity index (χ1) is 7.52. The first kappa shape index (κ1) is 12.7. The normalized spacial score (nSPS) is 13.9. The summed E-state index contributed by atoms with van der Waals surface area (Å²) in [6.07, 6.45) is 1.68. The molecule has 1 rings (SSSR count). The quantitative estimate of drug-likeness (QED) is 0.870. The molecule has 2 unspecified atom stereocenters. The van der Waals surface area contributed by atoms with E-state index in [9.17, 15) is 4.21 Å². The molecule has 0 heterocycles. The number of nitrogens with one attached hydrogen (secondary N) is 1. The van der Waals surface area contributed by atoms with E-state index in [0.29, 0.717) is 11.3 Å². The Morgan fingerprint density at radius 3 is 2.81 bits per heavy atom. The number of aryl methyl sites for hydroxylation is 1. The first-order valence-electron chi connectivity index (χ1n) is 5.10. The second kappa shape index (κ2) is 5.66. The van der Waals surface area contributed by atoms with Crippen LogP contribution in [-0.2, 0) is 10.8 Å². The molecule has 0 aromatic heterocycles. The van der Waals surface area contributed by atoms with Crippen molar-refractivity contribution < 1.29 is 4.21 Å². The summed E-state index contributed by atoms with van der Waals surface area (Å²) >= 11 is 0. The number of hydrogen-bond acceptors (Lipinski definition) is 3. The predicted octanol–water partition coefficient (Wildman–Crippen LogP) is 2.05. The fraction of sp³-hybridized carbons (Fsp3) is 0.417. The molecule has 0 aliphatic rings.